The second kappa shape index (κ2) is 5.58. The molecule has 0 saturated carbocycles. The Morgan fingerprint density at radius 3 is 2.62 bits per heavy atom. The smallest absolute Gasteiger partial charge is 0.328 e. The van der Waals surface area contributed by atoms with Crippen molar-refractivity contribution in [2.45, 2.75) is 51.6 Å². The van der Waals surface area contributed by atoms with Gasteiger partial charge in [0, 0.05) is 17.3 Å². The van der Waals surface area contributed by atoms with Gasteiger partial charge in [-0.15, -0.1) is 0 Å². The molecular formula is C17H25NO3. The minimum atomic E-state index is -0.330. The average molecular weight is 291 g/mol. The first-order chi connectivity index (χ1) is 9.81. The molecular weight excluding hydrogens is 266 g/mol. The van der Waals surface area contributed by atoms with Crippen LogP contribution in [-0.4, -0.2) is 31.8 Å². The summed E-state index contributed by atoms with van der Waals surface area (Å²) < 4.78 is 10.3. The van der Waals surface area contributed by atoms with Crippen molar-refractivity contribution in [3.05, 3.63) is 23.8 Å². The third-order valence-electron chi connectivity index (χ3n) is 4.42. The number of ether oxygens (including phenoxy) is 2. The summed E-state index contributed by atoms with van der Waals surface area (Å²) in [5, 5.41) is 0. The Morgan fingerprint density at radius 2 is 2.05 bits per heavy atom. The lowest BCUT2D eigenvalue weighted by Gasteiger charge is -2.49. The van der Waals surface area contributed by atoms with E-state index >= 15 is 0 Å². The van der Waals surface area contributed by atoms with Crippen LogP contribution in [0.2, 0.25) is 0 Å². The summed E-state index contributed by atoms with van der Waals surface area (Å²) in [5.41, 5.74) is 2.20. The Kier molecular flexibility index (Phi) is 4.17. The molecule has 0 radical (unpaired) electrons. The van der Waals surface area contributed by atoms with Crippen LogP contribution in [0.4, 0.5) is 5.69 Å². The fraction of sp³-hybridized carbons (Fsp3) is 0.588. The summed E-state index contributed by atoms with van der Waals surface area (Å²) in [6.07, 6.45) is 0.994. The van der Waals surface area contributed by atoms with Gasteiger partial charge in [-0.2, -0.15) is 0 Å². The molecule has 0 fully saturated rings. The number of carbonyl (C=O) groups excluding carboxylic acids is 1. The van der Waals surface area contributed by atoms with E-state index in [2.05, 4.69) is 31.7 Å². The molecule has 1 aromatic rings. The molecule has 1 aromatic carbocycles. The maximum absolute atomic E-state index is 12.0. The number of fused-ring (bicyclic) bond motifs is 1. The van der Waals surface area contributed by atoms with E-state index in [1.807, 2.05) is 19.1 Å². The van der Waals surface area contributed by atoms with Crippen molar-refractivity contribution in [3.63, 3.8) is 0 Å². The molecule has 4 nitrogen and oxygen atoms in total. The number of benzene rings is 1. The first kappa shape index (κ1) is 15.7. The van der Waals surface area contributed by atoms with Crippen LogP contribution in [0.3, 0.4) is 0 Å². The van der Waals surface area contributed by atoms with Gasteiger partial charge >= 0.3 is 5.97 Å². The fourth-order valence-corrected chi connectivity index (χ4v) is 3.57. The van der Waals surface area contributed by atoms with Crippen LogP contribution in [0, 0.1) is 0 Å². The van der Waals surface area contributed by atoms with Gasteiger partial charge in [0.2, 0.25) is 0 Å². The molecule has 1 aliphatic heterocycles. The number of esters is 1. The Balaban J connectivity index is 2.56. The molecule has 0 spiro atoms. The van der Waals surface area contributed by atoms with Gasteiger partial charge < -0.3 is 14.4 Å². The van der Waals surface area contributed by atoms with E-state index in [0.29, 0.717) is 5.92 Å². The molecule has 1 aliphatic rings. The largest absolute Gasteiger partial charge is 0.497 e. The van der Waals surface area contributed by atoms with E-state index in [9.17, 15) is 4.79 Å². The molecule has 0 amide bonds. The minimum Gasteiger partial charge on any atom is -0.497 e. The molecule has 116 valence electrons. The van der Waals surface area contributed by atoms with Crippen LogP contribution in [0.15, 0.2) is 18.2 Å². The van der Waals surface area contributed by atoms with E-state index in [1.165, 1.54) is 12.7 Å². The summed E-state index contributed by atoms with van der Waals surface area (Å²) in [5.74, 6) is 1.04. The first-order valence-electron chi connectivity index (χ1n) is 7.37. The van der Waals surface area contributed by atoms with Crippen LogP contribution in [0.25, 0.3) is 0 Å². The molecule has 0 N–H and O–H groups in total. The van der Waals surface area contributed by atoms with Crippen molar-refractivity contribution in [3.8, 4) is 5.75 Å². The zero-order valence-corrected chi connectivity index (χ0v) is 13.8. The average Bonchev–Trinajstić information content (AvgIpc) is 2.44. The van der Waals surface area contributed by atoms with E-state index in [0.717, 1.165) is 17.9 Å². The van der Waals surface area contributed by atoms with Crippen LogP contribution >= 0.6 is 0 Å². The molecule has 0 aliphatic carbocycles. The summed E-state index contributed by atoms with van der Waals surface area (Å²) >= 11 is 0. The number of hydrogen-bond acceptors (Lipinski definition) is 4. The van der Waals surface area contributed by atoms with Crippen LogP contribution in [0.1, 0.15) is 45.6 Å². The van der Waals surface area contributed by atoms with E-state index in [1.54, 1.807) is 7.11 Å². The molecule has 21 heavy (non-hydrogen) atoms. The molecule has 2 atom stereocenters. The summed E-state index contributed by atoms with van der Waals surface area (Å²) in [7, 11) is 3.10. The van der Waals surface area contributed by atoms with Crippen molar-refractivity contribution in [1.82, 2.24) is 0 Å². The highest BCUT2D eigenvalue weighted by atomic mass is 16.5. The molecule has 4 heteroatoms. The van der Waals surface area contributed by atoms with Gasteiger partial charge in [0.15, 0.2) is 0 Å². The lowest BCUT2D eigenvalue weighted by Crippen LogP contribution is -2.55. The Morgan fingerprint density at radius 1 is 1.38 bits per heavy atom. The first-order valence-corrected chi connectivity index (χ1v) is 7.37. The normalized spacial score (nSPS) is 21.4. The summed E-state index contributed by atoms with van der Waals surface area (Å²) in [6.45, 7) is 8.47. The second-order valence-corrected chi connectivity index (χ2v) is 6.41. The number of hydrogen-bond donors (Lipinski definition) is 0. The zero-order valence-electron chi connectivity index (χ0n) is 13.8. The summed E-state index contributed by atoms with van der Waals surface area (Å²) in [4.78, 5) is 14.2. The topological polar surface area (TPSA) is 38.8 Å². The summed E-state index contributed by atoms with van der Waals surface area (Å²) in [6, 6.07) is 5.77. The second-order valence-electron chi connectivity index (χ2n) is 6.41. The molecule has 2 unspecified atom stereocenters. The quantitative estimate of drug-likeness (QED) is 0.801. The van der Waals surface area contributed by atoms with Gasteiger partial charge in [-0.3, -0.25) is 0 Å². The highest BCUT2D eigenvalue weighted by Gasteiger charge is 2.41. The third-order valence-corrected chi connectivity index (χ3v) is 4.42. The third kappa shape index (κ3) is 2.71. The van der Waals surface area contributed by atoms with Crippen LogP contribution < -0.4 is 9.64 Å². The lowest BCUT2D eigenvalue weighted by atomic mass is 9.79. The SMILES string of the molecule is COC(=O)C(C)N1c2cc(OC)ccc2C(C)CC1(C)C. The van der Waals surface area contributed by atoms with Crippen LogP contribution in [0.5, 0.6) is 5.75 Å². The molecule has 0 aromatic heterocycles. The standard InChI is InChI=1S/C17H25NO3/c1-11-10-17(3,4)18(12(2)16(19)21-6)15-9-13(20-5)7-8-14(11)15/h7-9,11-12H,10H2,1-6H3. The maximum Gasteiger partial charge on any atom is 0.328 e. The van der Waals surface area contributed by atoms with E-state index < -0.39 is 0 Å². The molecule has 1 heterocycles. The Bertz CT molecular complexity index is 539. The number of anilines is 1. The molecule has 0 bridgehead atoms. The number of rotatable bonds is 3. The molecule has 2 rings (SSSR count). The van der Waals surface area contributed by atoms with Gasteiger partial charge in [-0.05, 0) is 44.7 Å². The number of nitrogens with zero attached hydrogens (tertiary/aromatic N) is 1. The number of carbonyl (C=O) groups is 1. The van der Waals surface area contributed by atoms with E-state index in [4.69, 9.17) is 9.47 Å². The highest BCUT2D eigenvalue weighted by molar-refractivity contribution is 5.81. The van der Waals surface area contributed by atoms with Gasteiger partial charge in [0.25, 0.3) is 0 Å². The van der Waals surface area contributed by atoms with Gasteiger partial charge in [0.1, 0.15) is 11.8 Å². The van der Waals surface area contributed by atoms with Gasteiger partial charge in [-0.25, -0.2) is 4.79 Å². The van der Waals surface area contributed by atoms with Crippen molar-refractivity contribution in [2.75, 3.05) is 19.1 Å². The van der Waals surface area contributed by atoms with Crippen molar-refractivity contribution < 1.29 is 14.3 Å². The zero-order chi connectivity index (χ0) is 15.8. The van der Waals surface area contributed by atoms with Gasteiger partial charge in [-0.1, -0.05) is 13.0 Å². The monoisotopic (exact) mass is 291 g/mol. The van der Waals surface area contributed by atoms with Crippen LogP contribution in [-0.2, 0) is 9.53 Å². The Labute approximate surface area is 127 Å². The number of methoxy groups -OCH3 is 2. The van der Waals surface area contributed by atoms with Gasteiger partial charge in [0.05, 0.1) is 14.2 Å². The van der Waals surface area contributed by atoms with Crippen molar-refractivity contribution in [2.24, 2.45) is 0 Å². The lowest BCUT2D eigenvalue weighted by molar-refractivity contribution is -0.142. The molecule has 0 saturated heterocycles. The Hall–Kier alpha value is -1.71. The predicted octanol–water partition coefficient (Wildman–Crippen LogP) is 3.35. The van der Waals surface area contributed by atoms with Crippen molar-refractivity contribution in [1.29, 1.82) is 0 Å². The maximum atomic E-state index is 12.0. The highest BCUT2D eigenvalue weighted by Crippen LogP contribution is 2.45. The van der Waals surface area contributed by atoms with Crippen molar-refractivity contribution >= 4 is 11.7 Å². The fourth-order valence-electron chi connectivity index (χ4n) is 3.57. The predicted molar refractivity (Wildman–Crippen MR) is 84.1 cm³/mol. The van der Waals surface area contributed by atoms with E-state index in [-0.39, 0.29) is 17.6 Å². The minimum absolute atomic E-state index is 0.119.